The van der Waals surface area contributed by atoms with Crippen LogP contribution in [0.4, 0.5) is 5.69 Å². The molecule has 28 heavy (non-hydrogen) atoms. The molecular formula is C18H23N3O5S2. The lowest BCUT2D eigenvalue weighted by Crippen LogP contribution is -2.34. The smallest absolute Gasteiger partial charge is 0.251 e. The second-order valence-corrected chi connectivity index (χ2v) is 9.83. The summed E-state index contributed by atoms with van der Waals surface area (Å²) in [6.07, 6.45) is 0. The fraction of sp³-hybridized carbons (Fsp3) is 0.278. The number of hydrogen-bond acceptors (Lipinski definition) is 5. The highest BCUT2D eigenvalue weighted by Crippen LogP contribution is 2.12. The Kier molecular flexibility index (Phi) is 7.17. The van der Waals surface area contributed by atoms with Crippen LogP contribution < -0.4 is 14.8 Å². The van der Waals surface area contributed by atoms with Gasteiger partial charge in [-0.2, -0.15) is 0 Å². The molecule has 0 aliphatic carbocycles. The second-order valence-electron chi connectivity index (χ2n) is 6.05. The van der Waals surface area contributed by atoms with Crippen molar-refractivity contribution in [1.82, 2.24) is 10.0 Å². The van der Waals surface area contributed by atoms with Crippen LogP contribution in [0.25, 0.3) is 0 Å². The number of rotatable bonds is 9. The van der Waals surface area contributed by atoms with Crippen LogP contribution in [0.3, 0.4) is 0 Å². The van der Waals surface area contributed by atoms with E-state index in [4.69, 9.17) is 0 Å². The Bertz CT molecular complexity index is 1020. The van der Waals surface area contributed by atoms with Crippen LogP contribution in [0.2, 0.25) is 0 Å². The molecule has 0 bridgehead atoms. The number of benzene rings is 2. The number of nitrogens with one attached hydrogen (secondary N) is 3. The number of carbonyl (C=O) groups excluding carboxylic acids is 1. The average molecular weight is 426 g/mol. The van der Waals surface area contributed by atoms with Crippen molar-refractivity contribution in [2.75, 3.05) is 23.6 Å². The Morgan fingerprint density at radius 3 is 2.07 bits per heavy atom. The van der Waals surface area contributed by atoms with Crippen molar-refractivity contribution >= 4 is 31.6 Å². The average Bonchev–Trinajstić information content (AvgIpc) is 2.66. The molecule has 0 aromatic heterocycles. The van der Waals surface area contributed by atoms with Crippen molar-refractivity contribution in [1.29, 1.82) is 0 Å². The molecule has 8 nitrogen and oxygen atoms in total. The Morgan fingerprint density at radius 2 is 1.50 bits per heavy atom. The van der Waals surface area contributed by atoms with E-state index >= 15 is 0 Å². The summed E-state index contributed by atoms with van der Waals surface area (Å²) in [5, 5.41) is 2.61. The number of carbonyl (C=O) groups is 1. The van der Waals surface area contributed by atoms with E-state index in [0.29, 0.717) is 11.3 Å². The fourth-order valence-electron chi connectivity index (χ4n) is 2.21. The zero-order valence-corrected chi connectivity index (χ0v) is 17.2. The van der Waals surface area contributed by atoms with Crippen molar-refractivity contribution in [2.24, 2.45) is 0 Å². The van der Waals surface area contributed by atoms with Crippen LogP contribution in [-0.4, -0.2) is 41.6 Å². The van der Waals surface area contributed by atoms with Gasteiger partial charge in [0.25, 0.3) is 5.91 Å². The first-order chi connectivity index (χ1) is 13.1. The van der Waals surface area contributed by atoms with Gasteiger partial charge >= 0.3 is 0 Å². The fourth-order valence-corrected chi connectivity index (χ4v) is 3.88. The number of aryl methyl sites for hydroxylation is 1. The van der Waals surface area contributed by atoms with Crippen LogP contribution in [-0.2, 0) is 20.0 Å². The minimum absolute atomic E-state index is 0.0380. The molecule has 10 heteroatoms. The van der Waals surface area contributed by atoms with Gasteiger partial charge < -0.3 is 5.32 Å². The number of sulfonamides is 2. The number of amides is 1. The molecule has 0 aliphatic heterocycles. The van der Waals surface area contributed by atoms with E-state index in [9.17, 15) is 21.6 Å². The van der Waals surface area contributed by atoms with Crippen molar-refractivity contribution in [3.05, 3.63) is 59.7 Å². The van der Waals surface area contributed by atoms with Gasteiger partial charge in [-0.25, -0.2) is 21.6 Å². The molecule has 3 N–H and O–H groups in total. The van der Waals surface area contributed by atoms with Crippen LogP contribution >= 0.6 is 0 Å². The van der Waals surface area contributed by atoms with Crippen LogP contribution in [0.1, 0.15) is 22.8 Å². The van der Waals surface area contributed by atoms with Gasteiger partial charge in [0, 0.05) is 24.3 Å². The lowest BCUT2D eigenvalue weighted by atomic mass is 10.2. The van der Waals surface area contributed by atoms with Gasteiger partial charge in [0.05, 0.1) is 10.6 Å². The Morgan fingerprint density at radius 1 is 0.893 bits per heavy atom. The number of anilines is 1. The van der Waals surface area contributed by atoms with E-state index in [-0.39, 0.29) is 29.6 Å². The molecular weight excluding hydrogens is 402 g/mol. The molecule has 2 rings (SSSR count). The van der Waals surface area contributed by atoms with E-state index in [0.717, 1.165) is 5.56 Å². The summed E-state index contributed by atoms with van der Waals surface area (Å²) in [6, 6.07) is 12.4. The second kappa shape index (κ2) is 9.18. The van der Waals surface area contributed by atoms with Crippen molar-refractivity contribution < 1.29 is 21.6 Å². The standard InChI is InChI=1S/C18H23N3O5S2/c1-3-27(23,24)21-16-8-6-15(7-9-16)18(22)19-12-13-20-28(25,26)17-10-4-14(2)5-11-17/h4-11,20-21H,3,12-13H2,1-2H3,(H,19,22). The molecule has 0 atom stereocenters. The highest BCUT2D eigenvalue weighted by molar-refractivity contribution is 7.92. The van der Waals surface area contributed by atoms with E-state index in [2.05, 4.69) is 14.8 Å². The molecule has 0 heterocycles. The third-order valence-corrected chi connectivity index (χ3v) is 6.62. The van der Waals surface area contributed by atoms with Gasteiger partial charge in [0.15, 0.2) is 0 Å². The zero-order valence-electron chi connectivity index (χ0n) is 15.6. The molecule has 0 fully saturated rings. The number of hydrogen-bond donors (Lipinski definition) is 3. The topological polar surface area (TPSA) is 121 Å². The Hall–Kier alpha value is -2.43. The summed E-state index contributed by atoms with van der Waals surface area (Å²) in [5.74, 6) is -0.437. The first-order valence-electron chi connectivity index (χ1n) is 8.58. The van der Waals surface area contributed by atoms with Crippen molar-refractivity contribution in [3.63, 3.8) is 0 Å². The predicted molar refractivity (Wildman–Crippen MR) is 108 cm³/mol. The molecule has 0 saturated heterocycles. The maximum Gasteiger partial charge on any atom is 0.251 e. The van der Waals surface area contributed by atoms with Crippen LogP contribution in [0.5, 0.6) is 0 Å². The highest BCUT2D eigenvalue weighted by Gasteiger charge is 2.13. The summed E-state index contributed by atoms with van der Waals surface area (Å²) in [4.78, 5) is 12.3. The van der Waals surface area contributed by atoms with Gasteiger partial charge in [-0.3, -0.25) is 9.52 Å². The van der Waals surface area contributed by atoms with Gasteiger partial charge in [0.1, 0.15) is 0 Å². The molecule has 0 unspecified atom stereocenters. The minimum atomic E-state index is -3.63. The molecule has 2 aromatic rings. The maximum atomic E-state index is 12.2. The van der Waals surface area contributed by atoms with Gasteiger partial charge in [-0.1, -0.05) is 17.7 Å². The first kappa shape index (κ1) is 21.9. The van der Waals surface area contributed by atoms with E-state index < -0.39 is 20.0 Å². The monoisotopic (exact) mass is 425 g/mol. The molecule has 0 radical (unpaired) electrons. The summed E-state index contributed by atoms with van der Waals surface area (Å²) in [6.45, 7) is 3.53. The third kappa shape index (κ3) is 6.32. The molecule has 1 amide bonds. The van der Waals surface area contributed by atoms with Crippen molar-refractivity contribution in [2.45, 2.75) is 18.7 Å². The normalized spacial score (nSPS) is 11.8. The zero-order chi connectivity index (χ0) is 20.8. The molecule has 0 spiro atoms. The third-order valence-electron chi connectivity index (χ3n) is 3.83. The minimum Gasteiger partial charge on any atom is -0.351 e. The van der Waals surface area contributed by atoms with E-state index in [1.54, 1.807) is 12.1 Å². The summed E-state index contributed by atoms with van der Waals surface area (Å²) < 4.78 is 52.1. The lowest BCUT2D eigenvalue weighted by Gasteiger charge is -2.09. The molecule has 0 saturated carbocycles. The first-order valence-corrected chi connectivity index (χ1v) is 11.7. The SMILES string of the molecule is CCS(=O)(=O)Nc1ccc(C(=O)NCCNS(=O)(=O)c2ccc(C)cc2)cc1. The summed E-state index contributed by atoms with van der Waals surface area (Å²) in [7, 11) is -7.01. The largest absolute Gasteiger partial charge is 0.351 e. The van der Waals surface area contributed by atoms with Gasteiger partial charge in [-0.15, -0.1) is 0 Å². The van der Waals surface area contributed by atoms with Crippen molar-refractivity contribution in [3.8, 4) is 0 Å². The predicted octanol–water partition coefficient (Wildman–Crippen LogP) is 1.46. The quantitative estimate of drug-likeness (QED) is 0.525. The Balaban J connectivity index is 1.84. The maximum absolute atomic E-state index is 12.2. The molecule has 152 valence electrons. The Labute approximate surface area is 165 Å². The highest BCUT2D eigenvalue weighted by atomic mass is 32.2. The van der Waals surface area contributed by atoms with E-state index in [1.165, 1.54) is 43.3 Å². The van der Waals surface area contributed by atoms with Gasteiger partial charge in [-0.05, 0) is 50.2 Å². The van der Waals surface area contributed by atoms with Gasteiger partial charge in [0.2, 0.25) is 20.0 Å². The molecule has 0 aliphatic rings. The summed E-state index contributed by atoms with van der Waals surface area (Å²) in [5.41, 5.74) is 1.66. The molecule has 2 aromatic carbocycles. The summed E-state index contributed by atoms with van der Waals surface area (Å²) >= 11 is 0. The van der Waals surface area contributed by atoms with Crippen LogP contribution in [0.15, 0.2) is 53.4 Å². The lowest BCUT2D eigenvalue weighted by molar-refractivity contribution is 0.0954. The van der Waals surface area contributed by atoms with E-state index in [1.807, 2.05) is 6.92 Å². The van der Waals surface area contributed by atoms with Crippen LogP contribution in [0, 0.1) is 6.92 Å².